The Balaban J connectivity index is 1.63. The second-order valence-corrected chi connectivity index (χ2v) is 6.65. The summed E-state index contributed by atoms with van der Waals surface area (Å²) in [5, 5.41) is 4.27. The highest BCUT2D eigenvalue weighted by atomic mass is 35.5. The van der Waals surface area contributed by atoms with Crippen molar-refractivity contribution < 1.29 is 4.79 Å². The average Bonchev–Trinajstić information content (AvgIpc) is 3.04. The van der Waals surface area contributed by atoms with Crippen LogP contribution in [0.1, 0.15) is 41.6 Å². The molecule has 1 aromatic rings. The van der Waals surface area contributed by atoms with Crippen LogP contribution in [0.5, 0.6) is 0 Å². The first-order valence-electron chi connectivity index (χ1n) is 7.94. The summed E-state index contributed by atoms with van der Waals surface area (Å²) >= 11 is 6.13. The number of piperidine rings is 1. The van der Waals surface area contributed by atoms with Gasteiger partial charge in [0, 0.05) is 29.7 Å². The minimum Gasteiger partial charge on any atom is -0.339 e. The van der Waals surface area contributed by atoms with Crippen LogP contribution in [0.25, 0.3) is 0 Å². The van der Waals surface area contributed by atoms with E-state index in [0.29, 0.717) is 11.1 Å². The van der Waals surface area contributed by atoms with Crippen molar-refractivity contribution in [3.05, 3.63) is 34.3 Å². The molecule has 2 fully saturated rings. The third-order valence-corrected chi connectivity index (χ3v) is 5.40. The van der Waals surface area contributed by atoms with Crippen molar-refractivity contribution in [3.63, 3.8) is 0 Å². The molecule has 0 radical (unpaired) electrons. The van der Waals surface area contributed by atoms with E-state index in [2.05, 4.69) is 5.32 Å². The molecule has 1 amide bonds. The van der Waals surface area contributed by atoms with Gasteiger partial charge in [-0.2, -0.15) is 0 Å². The lowest BCUT2D eigenvalue weighted by Crippen LogP contribution is -2.43. The van der Waals surface area contributed by atoms with Gasteiger partial charge in [0.1, 0.15) is 0 Å². The summed E-state index contributed by atoms with van der Waals surface area (Å²) < 4.78 is 0. The minimum atomic E-state index is 0.132. The highest BCUT2D eigenvalue weighted by molar-refractivity contribution is 6.31. The third-order valence-electron chi connectivity index (χ3n) is 4.99. The van der Waals surface area contributed by atoms with E-state index in [9.17, 15) is 4.79 Å². The molecular formula is C17H23ClN2O. The molecular weight excluding hydrogens is 284 g/mol. The zero-order valence-corrected chi connectivity index (χ0v) is 13.3. The monoisotopic (exact) mass is 306 g/mol. The number of nitrogens with one attached hydrogen (secondary N) is 1. The summed E-state index contributed by atoms with van der Waals surface area (Å²) in [4.78, 5) is 14.6. The van der Waals surface area contributed by atoms with E-state index in [-0.39, 0.29) is 5.91 Å². The second-order valence-electron chi connectivity index (χ2n) is 6.24. The number of hydrogen-bond donors (Lipinski definition) is 1. The number of halogens is 1. The van der Waals surface area contributed by atoms with Gasteiger partial charge in [-0.25, -0.2) is 0 Å². The molecule has 114 valence electrons. The Bertz CT molecular complexity index is 518. The summed E-state index contributed by atoms with van der Waals surface area (Å²) in [7, 11) is 0. The summed E-state index contributed by atoms with van der Waals surface area (Å²) in [5.74, 6) is 0.866. The Morgan fingerprint density at radius 1 is 1.29 bits per heavy atom. The van der Waals surface area contributed by atoms with E-state index in [4.69, 9.17) is 11.6 Å². The minimum absolute atomic E-state index is 0.132. The molecule has 0 bridgehead atoms. The van der Waals surface area contributed by atoms with Crippen molar-refractivity contribution in [1.82, 2.24) is 10.2 Å². The summed E-state index contributed by atoms with van der Waals surface area (Å²) in [5.41, 5.74) is 1.64. The zero-order chi connectivity index (χ0) is 14.8. The largest absolute Gasteiger partial charge is 0.339 e. The lowest BCUT2D eigenvalue weighted by molar-refractivity contribution is 0.0673. The van der Waals surface area contributed by atoms with Crippen LogP contribution in [0.15, 0.2) is 18.2 Å². The molecule has 1 unspecified atom stereocenters. The fraction of sp³-hybridized carbons (Fsp3) is 0.588. The molecule has 21 heavy (non-hydrogen) atoms. The van der Waals surface area contributed by atoms with E-state index in [1.54, 1.807) is 0 Å². The van der Waals surface area contributed by atoms with Gasteiger partial charge in [-0.05, 0) is 62.8 Å². The third kappa shape index (κ3) is 3.09. The van der Waals surface area contributed by atoms with Crippen molar-refractivity contribution in [2.75, 3.05) is 19.6 Å². The number of amides is 1. The van der Waals surface area contributed by atoms with E-state index in [0.717, 1.165) is 49.5 Å². The lowest BCUT2D eigenvalue weighted by Gasteiger charge is -2.35. The van der Waals surface area contributed by atoms with Crippen LogP contribution in [0, 0.1) is 12.8 Å². The molecule has 3 rings (SSSR count). The van der Waals surface area contributed by atoms with Crippen molar-refractivity contribution in [3.8, 4) is 0 Å². The first kappa shape index (κ1) is 14.9. The maximum Gasteiger partial charge on any atom is 0.254 e. The van der Waals surface area contributed by atoms with Gasteiger partial charge in [0.25, 0.3) is 5.91 Å². The summed E-state index contributed by atoms with van der Waals surface area (Å²) in [6.07, 6.45) is 4.82. The molecule has 1 N–H and O–H groups in total. The van der Waals surface area contributed by atoms with Gasteiger partial charge in [0.15, 0.2) is 0 Å². The highest BCUT2D eigenvalue weighted by Crippen LogP contribution is 2.27. The zero-order valence-electron chi connectivity index (χ0n) is 12.6. The van der Waals surface area contributed by atoms with Gasteiger partial charge in [0.05, 0.1) is 0 Å². The maximum absolute atomic E-state index is 12.7. The molecule has 1 atom stereocenters. The van der Waals surface area contributed by atoms with Crippen LogP contribution in [0.2, 0.25) is 5.02 Å². The van der Waals surface area contributed by atoms with Crippen LogP contribution in [0.4, 0.5) is 0 Å². The van der Waals surface area contributed by atoms with Crippen LogP contribution >= 0.6 is 11.6 Å². The number of benzene rings is 1. The quantitative estimate of drug-likeness (QED) is 0.909. The van der Waals surface area contributed by atoms with Gasteiger partial charge >= 0.3 is 0 Å². The van der Waals surface area contributed by atoms with Gasteiger partial charge in [-0.3, -0.25) is 4.79 Å². The number of carbonyl (C=O) groups is 1. The van der Waals surface area contributed by atoms with E-state index >= 15 is 0 Å². The Labute approximate surface area is 131 Å². The van der Waals surface area contributed by atoms with Crippen LogP contribution in [-0.4, -0.2) is 36.5 Å². The average molecular weight is 307 g/mol. The topological polar surface area (TPSA) is 32.3 Å². The first-order valence-corrected chi connectivity index (χ1v) is 8.32. The van der Waals surface area contributed by atoms with Crippen molar-refractivity contribution in [1.29, 1.82) is 0 Å². The normalized spacial score (nSPS) is 23.5. The maximum atomic E-state index is 12.7. The van der Waals surface area contributed by atoms with E-state index in [1.807, 2.05) is 30.0 Å². The molecule has 3 nitrogen and oxygen atoms in total. The van der Waals surface area contributed by atoms with E-state index < -0.39 is 0 Å². The molecule has 0 aromatic heterocycles. The number of hydrogen-bond acceptors (Lipinski definition) is 2. The van der Waals surface area contributed by atoms with Crippen LogP contribution < -0.4 is 5.32 Å². The summed E-state index contributed by atoms with van der Waals surface area (Å²) in [6.45, 7) is 4.82. The molecule has 2 aliphatic rings. The lowest BCUT2D eigenvalue weighted by atomic mass is 9.88. The van der Waals surface area contributed by atoms with Gasteiger partial charge < -0.3 is 10.2 Å². The molecule has 2 saturated heterocycles. The van der Waals surface area contributed by atoms with E-state index in [1.165, 1.54) is 12.8 Å². The molecule has 2 heterocycles. The predicted molar refractivity (Wildman–Crippen MR) is 85.8 cm³/mol. The fourth-order valence-corrected chi connectivity index (χ4v) is 3.80. The molecule has 0 saturated carbocycles. The standard InChI is InChI=1S/C17H23ClN2O/c1-12-14(4-2-5-15(12)18)17(21)20-10-7-13(8-11-20)16-6-3-9-19-16/h2,4-5,13,16,19H,3,6-11H2,1H3. The number of nitrogens with zero attached hydrogens (tertiary/aromatic N) is 1. The fourth-order valence-electron chi connectivity index (χ4n) is 3.63. The smallest absolute Gasteiger partial charge is 0.254 e. The van der Waals surface area contributed by atoms with Gasteiger partial charge in [-0.15, -0.1) is 0 Å². The number of carbonyl (C=O) groups excluding carboxylic acids is 1. The molecule has 4 heteroatoms. The van der Waals surface area contributed by atoms with Crippen molar-refractivity contribution in [2.45, 2.75) is 38.6 Å². The van der Waals surface area contributed by atoms with Crippen LogP contribution in [0.3, 0.4) is 0 Å². The molecule has 2 aliphatic heterocycles. The van der Waals surface area contributed by atoms with Crippen LogP contribution in [-0.2, 0) is 0 Å². The second kappa shape index (κ2) is 6.37. The molecule has 0 aliphatic carbocycles. The SMILES string of the molecule is Cc1c(Cl)cccc1C(=O)N1CCC(C2CCCN2)CC1. The molecule has 1 aromatic carbocycles. The Kier molecular flexibility index (Phi) is 4.51. The first-order chi connectivity index (χ1) is 10.2. The highest BCUT2D eigenvalue weighted by Gasteiger charge is 2.30. The van der Waals surface area contributed by atoms with Gasteiger partial charge in [0.2, 0.25) is 0 Å². The summed E-state index contributed by atoms with van der Waals surface area (Å²) in [6, 6.07) is 6.26. The van der Waals surface area contributed by atoms with Crippen molar-refractivity contribution in [2.24, 2.45) is 5.92 Å². The van der Waals surface area contributed by atoms with Gasteiger partial charge in [-0.1, -0.05) is 17.7 Å². The van der Waals surface area contributed by atoms with Crippen molar-refractivity contribution >= 4 is 17.5 Å². The number of rotatable bonds is 2. The predicted octanol–water partition coefficient (Wildman–Crippen LogP) is 3.25. The Morgan fingerprint density at radius 2 is 2.05 bits per heavy atom. The Hall–Kier alpha value is -1.06. The Morgan fingerprint density at radius 3 is 2.71 bits per heavy atom. The number of likely N-dealkylation sites (tertiary alicyclic amines) is 1. The molecule has 0 spiro atoms.